The van der Waals surface area contributed by atoms with Crippen molar-refractivity contribution in [1.82, 2.24) is 4.90 Å². The predicted octanol–water partition coefficient (Wildman–Crippen LogP) is 1.72. The van der Waals surface area contributed by atoms with Crippen molar-refractivity contribution in [2.45, 2.75) is 50.2 Å². The maximum absolute atomic E-state index is 10.8. The summed E-state index contributed by atoms with van der Waals surface area (Å²) in [6.45, 7) is 1.50. The van der Waals surface area contributed by atoms with Crippen molar-refractivity contribution < 1.29 is 15.0 Å². The first kappa shape index (κ1) is 16.0. The standard InChI is InChI=1S/C18H22N2O3/c19-12-13-1-2-15-10-16(4-3-14(15)9-13)20-7-5-18(23,6-8-20)11-17(21)22/h1-2,9,16,23H,3-8,10-11H2,(H,21,22)/t16-/m1/s1. The number of carboxylic acids is 1. The second-order valence-electron chi connectivity index (χ2n) is 6.82. The highest BCUT2D eigenvalue weighted by Crippen LogP contribution is 2.31. The minimum absolute atomic E-state index is 0.161. The number of nitrogens with zero attached hydrogens (tertiary/aromatic N) is 2. The van der Waals surface area contributed by atoms with Gasteiger partial charge in [0.05, 0.1) is 23.7 Å². The van der Waals surface area contributed by atoms with Gasteiger partial charge >= 0.3 is 5.97 Å². The third-order valence-corrected chi connectivity index (χ3v) is 5.26. The van der Waals surface area contributed by atoms with Crippen LogP contribution in [0.2, 0.25) is 0 Å². The third-order valence-electron chi connectivity index (χ3n) is 5.26. The molecule has 5 heteroatoms. The summed E-state index contributed by atoms with van der Waals surface area (Å²) in [5.74, 6) is -0.930. The Kier molecular flexibility index (Phi) is 4.38. The molecule has 1 aromatic carbocycles. The van der Waals surface area contributed by atoms with Gasteiger partial charge in [-0.25, -0.2) is 0 Å². The van der Waals surface area contributed by atoms with Gasteiger partial charge in [0.2, 0.25) is 0 Å². The first-order chi connectivity index (χ1) is 11.0. The van der Waals surface area contributed by atoms with Gasteiger partial charge in [0.15, 0.2) is 0 Å². The SMILES string of the molecule is N#Cc1ccc2c(c1)CC[C@@H](N1CCC(O)(CC(=O)O)CC1)C2. The fraction of sp³-hybridized carbons (Fsp3) is 0.556. The first-order valence-electron chi connectivity index (χ1n) is 8.19. The Balaban J connectivity index is 1.62. The zero-order valence-electron chi connectivity index (χ0n) is 13.2. The second-order valence-corrected chi connectivity index (χ2v) is 6.82. The van der Waals surface area contributed by atoms with Crippen LogP contribution in [0, 0.1) is 11.3 Å². The molecule has 5 nitrogen and oxygen atoms in total. The summed E-state index contributed by atoms with van der Waals surface area (Å²) in [6.07, 6.45) is 3.89. The Labute approximate surface area is 136 Å². The minimum atomic E-state index is -1.05. The maximum atomic E-state index is 10.8. The molecule has 2 N–H and O–H groups in total. The van der Waals surface area contributed by atoms with Crippen molar-refractivity contribution in [1.29, 1.82) is 5.26 Å². The molecule has 1 heterocycles. The molecule has 0 bridgehead atoms. The van der Waals surface area contributed by atoms with E-state index in [1.807, 2.05) is 12.1 Å². The number of piperidine rings is 1. The van der Waals surface area contributed by atoms with Crippen LogP contribution in [0.3, 0.4) is 0 Å². The van der Waals surface area contributed by atoms with Crippen LogP contribution in [-0.2, 0) is 17.6 Å². The summed E-state index contributed by atoms with van der Waals surface area (Å²) in [7, 11) is 0. The number of hydrogen-bond donors (Lipinski definition) is 2. The highest BCUT2D eigenvalue weighted by molar-refractivity contribution is 5.68. The van der Waals surface area contributed by atoms with E-state index < -0.39 is 11.6 Å². The zero-order valence-corrected chi connectivity index (χ0v) is 13.2. The molecule has 1 atom stereocenters. The minimum Gasteiger partial charge on any atom is -0.481 e. The molecule has 1 aromatic rings. The van der Waals surface area contributed by atoms with E-state index in [4.69, 9.17) is 10.4 Å². The summed E-state index contributed by atoms with van der Waals surface area (Å²) >= 11 is 0. The molecule has 23 heavy (non-hydrogen) atoms. The van der Waals surface area contributed by atoms with Crippen LogP contribution in [0.15, 0.2) is 18.2 Å². The van der Waals surface area contributed by atoms with Crippen LogP contribution in [0.4, 0.5) is 0 Å². The lowest BCUT2D eigenvalue weighted by Crippen LogP contribution is -2.50. The number of hydrogen-bond acceptors (Lipinski definition) is 4. The van der Waals surface area contributed by atoms with E-state index in [-0.39, 0.29) is 6.42 Å². The van der Waals surface area contributed by atoms with Crippen LogP contribution in [0.1, 0.15) is 42.4 Å². The molecule has 0 spiro atoms. The van der Waals surface area contributed by atoms with E-state index in [9.17, 15) is 9.90 Å². The lowest BCUT2D eigenvalue weighted by atomic mass is 9.83. The number of rotatable bonds is 3. The van der Waals surface area contributed by atoms with Gasteiger partial charge in [-0.2, -0.15) is 5.26 Å². The summed E-state index contributed by atoms with van der Waals surface area (Å²) in [4.78, 5) is 13.2. The summed E-state index contributed by atoms with van der Waals surface area (Å²) in [5.41, 5.74) is 2.27. The normalized spacial score (nSPS) is 23.7. The van der Waals surface area contributed by atoms with Gasteiger partial charge in [0.25, 0.3) is 0 Å². The van der Waals surface area contributed by atoms with Crippen molar-refractivity contribution in [3.8, 4) is 6.07 Å². The van der Waals surface area contributed by atoms with Crippen molar-refractivity contribution >= 4 is 5.97 Å². The van der Waals surface area contributed by atoms with E-state index in [1.165, 1.54) is 11.1 Å². The lowest BCUT2D eigenvalue weighted by Gasteiger charge is -2.42. The number of fused-ring (bicyclic) bond motifs is 1. The molecule has 0 saturated carbocycles. The van der Waals surface area contributed by atoms with Gasteiger partial charge in [-0.1, -0.05) is 6.07 Å². The average molecular weight is 314 g/mol. The monoisotopic (exact) mass is 314 g/mol. The second kappa shape index (κ2) is 6.31. The number of carbonyl (C=O) groups is 1. The van der Waals surface area contributed by atoms with Gasteiger partial charge in [0.1, 0.15) is 0 Å². The van der Waals surface area contributed by atoms with E-state index >= 15 is 0 Å². The quantitative estimate of drug-likeness (QED) is 0.887. The number of nitriles is 1. The smallest absolute Gasteiger partial charge is 0.306 e. The highest BCUT2D eigenvalue weighted by Gasteiger charge is 2.37. The Hall–Kier alpha value is -1.90. The number of aryl methyl sites for hydroxylation is 1. The molecular formula is C18H22N2O3. The largest absolute Gasteiger partial charge is 0.481 e. The first-order valence-corrected chi connectivity index (χ1v) is 8.19. The van der Waals surface area contributed by atoms with Crippen molar-refractivity contribution in [3.63, 3.8) is 0 Å². The Bertz CT molecular complexity index is 642. The number of aliphatic hydroxyl groups is 1. The molecule has 3 rings (SSSR count). The van der Waals surface area contributed by atoms with Crippen LogP contribution >= 0.6 is 0 Å². The van der Waals surface area contributed by atoms with Crippen LogP contribution in [-0.4, -0.2) is 45.8 Å². The Morgan fingerprint density at radius 1 is 1.35 bits per heavy atom. The Morgan fingerprint density at radius 2 is 2.09 bits per heavy atom. The predicted molar refractivity (Wildman–Crippen MR) is 85.0 cm³/mol. The van der Waals surface area contributed by atoms with Crippen LogP contribution < -0.4 is 0 Å². The maximum Gasteiger partial charge on any atom is 0.306 e. The van der Waals surface area contributed by atoms with Gasteiger partial charge < -0.3 is 10.2 Å². The summed E-state index contributed by atoms with van der Waals surface area (Å²) < 4.78 is 0. The molecular weight excluding hydrogens is 292 g/mol. The van der Waals surface area contributed by atoms with Gasteiger partial charge in [-0.3, -0.25) is 9.69 Å². The zero-order chi connectivity index (χ0) is 16.4. The average Bonchev–Trinajstić information content (AvgIpc) is 2.53. The van der Waals surface area contributed by atoms with Crippen LogP contribution in [0.25, 0.3) is 0 Å². The number of aliphatic carboxylic acids is 1. The molecule has 0 aromatic heterocycles. The molecule has 2 aliphatic rings. The summed E-state index contributed by atoms with van der Waals surface area (Å²) in [6, 6.07) is 8.57. The molecule has 1 fully saturated rings. The number of benzene rings is 1. The van der Waals surface area contributed by atoms with E-state index in [0.29, 0.717) is 18.9 Å². The van der Waals surface area contributed by atoms with Gasteiger partial charge in [-0.15, -0.1) is 0 Å². The third kappa shape index (κ3) is 3.54. The molecule has 1 aliphatic carbocycles. The molecule has 1 aliphatic heterocycles. The van der Waals surface area contributed by atoms with Crippen molar-refractivity contribution in [3.05, 3.63) is 34.9 Å². The topological polar surface area (TPSA) is 84.6 Å². The highest BCUT2D eigenvalue weighted by atomic mass is 16.4. The van der Waals surface area contributed by atoms with Gasteiger partial charge in [-0.05, 0) is 55.4 Å². The molecule has 0 radical (unpaired) electrons. The van der Waals surface area contributed by atoms with Gasteiger partial charge in [0, 0.05) is 19.1 Å². The lowest BCUT2D eigenvalue weighted by molar-refractivity contribution is -0.144. The number of carboxylic acid groups (broad SMARTS) is 1. The van der Waals surface area contributed by atoms with E-state index in [1.54, 1.807) is 0 Å². The summed E-state index contributed by atoms with van der Waals surface area (Å²) in [5, 5.41) is 28.2. The molecule has 0 amide bonds. The van der Waals surface area contributed by atoms with E-state index in [2.05, 4.69) is 17.0 Å². The molecule has 1 saturated heterocycles. The molecule has 122 valence electrons. The Morgan fingerprint density at radius 3 is 2.74 bits per heavy atom. The van der Waals surface area contributed by atoms with E-state index in [0.717, 1.165) is 37.9 Å². The fourth-order valence-electron chi connectivity index (χ4n) is 3.88. The van der Waals surface area contributed by atoms with Crippen molar-refractivity contribution in [2.75, 3.05) is 13.1 Å². The fourth-order valence-corrected chi connectivity index (χ4v) is 3.88. The molecule has 0 unspecified atom stereocenters. The number of likely N-dealkylation sites (tertiary alicyclic amines) is 1. The van der Waals surface area contributed by atoms with Crippen molar-refractivity contribution in [2.24, 2.45) is 0 Å². The van der Waals surface area contributed by atoms with Crippen LogP contribution in [0.5, 0.6) is 0 Å².